The molecule has 0 spiro atoms. The third-order valence-electron chi connectivity index (χ3n) is 4.37. The van der Waals surface area contributed by atoms with E-state index in [-0.39, 0.29) is 0 Å². The Morgan fingerprint density at radius 2 is 2.18 bits per heavy atom. The minimum Gasteiger partial charge on any atom is -0.376 e. The number of hydrogen-bond acceptors (Lipinski definition) is 3. The summed E-state index contributed by atoms with van der Waals surface area (Å²) in [4.78, 5) is 2.65. The highest BCUT2D eigenvalue weighted by atomic mass is 16.5. The van der Waals surface area contributed by atoms with Crippen LogP contribution in [0.15, 0.2) is 0 Å². The third kappa shape index (κ3) is 3.67. The monoisotopic (exact) mass is 240 g/mol. The smallest absolute Gasteiger partial charge is 0.0674 e. The molecule has 0 bridgehead atoms. The lowest BCUT2D eigenvalue weighted by molar-refractivity contribution is -0.0623. The van der Waals surface area contributed by atoms with Crippen LogP contribution in [0.25, 0.3) is 0 Å². The zero-order valence-corrected chi connectivity index (χ0v) is 11.4. The van der Waals surface area contributed by atoms with E-state index in [0.717, 1.165) is 19.1 Å². The van der Waals surface area contributed by atoms with Gasteiger partial charge in [-0.1, -0.05) is 13.3 Å². The lowest BCUT2D eigenvalue weighted by atomic mass is 9.85. The van der Waals surface area contributed by atoms with E-state index in [4.69, 9.17) is 10.5 Å². The molecule has 2 aliphatic rings. The van der Waals surface area contributed by atoms with Crippen LogP contribution in [-0.2, 0) is 4.74 Å². The molecule has 0 amide bonds. The van der Waals surface area contributed by atoms with Crippen molar-refractivity contribution >= 4 is 0 Å². The number of morpholine rings is 1. The van der Waals surface area contributed by atoms with Crippen molar-refractivity contribution in [3.8, 4) is 0 Å². The molecule has 1 heterocycles. The summed E-state index contributed by atoms with van der Waals surface area (Å²) in [6.45, 7) is 7.70. The van der Waals surface area contributed by atoms with E-state index in [0.29, 0.717) is 18.2 Å². The first-order valence-corrected chi connectivity index (χ1v) is 7.30. The lowest BCUT2D eigenvalue weighted by Gasteiger charge is -2.41. The Bertz CT molecular complexity index is 234. The summed E-state index contributed by atoms with van der Waals surface area (Å²) in [5.41, 5.74) is 6.08. The van der Waals surface area contributed by atoms with Gasteiger partial charge in [0, 0.05) is 25.2 Å². The van der Waals surface area contributed by atoms with Crippen molar-refractivity contribution in [3.05, 3.63) is 0 Å². The first-order chi connectivity index (χ1) is 8.19. The van der Waals surface area contributed by atoms with E-state index in [1.165, 1.54) is 38.6 Å². The average molecular weight is 240 g/mol. The van der Waals surface area contributed by atoms with E-state index in [1.54, 1.807) is 0 Å². The van der Waals surface area contributed by atoms with E-state index in [2.05, 4.69) is 18.7 Å². The van der Waals surface area contributed by atoms with Crippen LogP contribution >= 0.6 is 0 Å². The van der Waals surface area contributed by atoms with Gasteiger partial charge in [-0.3, -0.25) is 4.90 Å². The summed E-state index contributed by atoms with van der Waals surface area (Å²) in [5, 5.41) is 0. The Kier molecular flexibility index (Phi) is 4.83. The van der Waals surface area contributed by atoms with Gasteiger partial charge < -0.3 is 10.5 Å². The molecule has 4 atom stereocenters. The van der Waals surface area contributed by atoms with E-state index >= 15 is 0 Å². The van der Waals surface area contributed by atoms with Crippen molar-refractivity contribution in [1.82, 2.24) is 4.90 Å². The Morgan fingerprint density at radius 3 is 2.88 bits per heavy atom. The van der Waals surface area contributed by atoms with Crippen LogP contribution < -0.4 is 5.73 Å². The summed E-state index contributed by atoms with van der Waals surface area (Å²) in [7, 11) is 0. The van der Waals surface area contributed by atoms with Gasteiger partial charge >= 0.3 is 0 Å². The fourth-order valence-corrected chi connectivity index (χ4v) is 3.34. The van der Waals surface area contributed by atoms with Gasteiger partial charge in [-0.2, -0.15) is 0 Å². The van der Waals surface area contributed by atoms with Gasteiger partial charge in [-0.05, 0) is 38.5 Å². The van der Waals surface area contributed by atoms with Crippen LogP contribution in [0.3, 0.4) is 0 Å². The normalized spacial score (nSPS) is 40.4. The maximum atomic E-state index is 6.08. The molecule has 4 unspecified atom stereocenters. The Labute approximate surface area is 106 Å². The molecule has 0 aromatic rings. The molecule has 1 aliphatic carbocycles. The number of hydrogen-bond donors (Lipinski definition) is 1. The number of ether oxygens (including phenoxy) is 1. The van der Waals surface area contributed by atoms with Gasteiger partial charge in [0.2, 0.25) is 0 Å². The maximum absolute atomic E-state index is 6.08. The van der Waals surface area contributed by atoms with E-state index < -0.39 is 0 Å². The van der Waals surface area contributed by atoms with Crippen molar-refractivity contribution < 1.29 is 4.74 Å². The summed E-state index contributed by atoms with van der Waals surface area (Å²) in [5.74, 6) is 0.818. The van der Waals surface area contributed by atoms with Gasteiger partial charge in [0.1, 0.15) is 0 Å². The quantitative estimate of drug-likeness (QED) is 0.820. The molecule has 17 heavy (non-hydrogen) atoms. The molecule has 100 valence electrons. The predicted molar refractivity (Wildman–Crippen MR) is 71.0 cm³/mol. The second kappa shape index (κ2) is 6.17. The number of rotatable bonds is 3. The standard InChI is InChI=1S/C14H28N2O/c1-3-14-10-17-11(2)8-16(14)9-12-5-4-6-13(15)7-12/h11-14H,3-10,15H2,1-2H3. The van der Waals surface area contributed by atoms with Crippen LogP contribution in [0.5, 0.6) is 0 Å². The highest BCUT2D eigenvalue weighted by Gasteiger charge is 2.29. The summed E-state index contributed by atoms with van der Waals surface area (Å²) in [6, 6.07) is 1.08. The van der Waals surface area contributed by atoms with Crippen LogP contribution in [0.2, 0.25) is 0 Å². The predicted octanol–water partition coefficient (Wildman–Crippen LogP) is 2.00. The van der Waals surface area contributed by atoms with E-state index in [9.17, 15) is 0 Å². The zero-order valence-electron chi connectivity index (χ0n) is 11.4. The second-order valence-corrected chi connectivity index (χ2v) is 5.95. The molecule has 2 fully saturated rings. The molecule has 3 nitrogen and oxygen atoms in total. The molecular weight excluding hydrogens is 212 g/mol. The molecule has 0 radical (unpaired) electrons. The first kappa shape index (κ1) is 13.3. The van der Waals surface area contributed by atoms with Crippen molar-refractivity contribution in [2.45, 2.75) is 64.1 Å². The first-order valence-electron chi connectivity index (χ1n) is 7.30. The van der Waals surface area contributed by atoms with Crippen molar-refractivity contribution in [2.24, 2.45) is 11.7 Å². The Hall–Kier alpha value is -0.120. The zero-order chi connectivity index (χ0) is 12.3. The van der Waals surface area contributed by atoms with Gasteiger partial charge in [-0.15, -0.1) is 0 Å². The largest absolute Gasteiger partial charge is 0.376 e. The summed E-state index contributed by atoms with van der Waals surface area (Å²) < 4.78 is 5.76. The minimum absolute atomic E-state index is 0.398. The molecule has 1 saturated carbocycles. The molecule has 2 rings (SSSR count). The van der Waals surface area contributed by atoms with Gasteiger partial charge in [0.15, 0.2) is 0 Å². The molecule has 1 aliphatic heterocycles. The van der Waals surface area contributed by atoms with E-state index in [1.807, 2.05) is 0 Å². The minimum atomic E-state index is 0.398. The Balaban J connectivity index is 1.86. The SMILES string of the molecule is CCC1COC(C)CN1CC1CCCC(N)C1. The van der Waals surface area contributed by atoms with Crippen molar-refractivity contribution in [1.29, 1.82) is 0 Å². The van der Waals surface area contributed by atoms with Crippen LogP contribution in [0.4, 0.5) is 0 Å². The average Bonchev–Trinajstić information content (AvgIpc) is 2.29. The second-order valence-electron chi connectivity index (χ2n) is 5.95. The molecular formula is C14H28N2O. The van der Waals surface area contributed by atoms with Crippen molar-refractivity contribution in [3.63, 3.8) is 0 Å². The van der Waals surface area contributed by atoms with Crippen LogP contribution in [-0.4, -0.2) is 42.8 Å². The number of nitrogens with zero attached hydrogens (tertiary/aromatic N) is 1. The number of nitrogens with two attached hydrogens (primary N) is 1. The van der Waals surface area contributed by atoms with Gasteiger partial charge in [0.05, 0.1) is 12.7 Å². The Morgan fingerprint density at radius 1 is 1.35 bits per heavy atom. The third-order valence-corrected chi connectivity index (χ3v) is 4.37. The molecule has 2 N–H and O–H groups in total. The fourth-order valence-electron chi connectivity index (χ4n) is 3.34. The highest BCUT2D eigenvalue weighted by Crippen LogP contribution is 2.26. The molecule has 0 aromatic heterocycles. The molecule has 0 aromatic carbocycles. The topological polar surface area (TPSA) is 38.5 Å². The summed E-state index contributed by atoms with van der Waals surface area (Å²) >= 11 is 0. The summed E-state index contributed by atoms with van der Waals surface area (Å²) in [6.07, 6.45) is 6.74. The van der Waals surface area contributed by atoms with Gasteiger partial charge in [-0.25, -0.2) is 0 Å². The van der Waals surface area contributed by atoms with Crippen LogP contribution in [0.1, 0.15) is 46.0 Å². The molecule has 3 heteroatoms. The van der Waals surface area contributed by atoms with Crippen LogP contribution in [0, 0.1) is 5.92 Å². The highest BCUT2D eigenvalue weighted by molar-refractivity contribution is 4.83. The maximum Gasteiger partial charge on any atom is 0.0674 e. The lowest BCUT2D eigenvalue weighted by Crippen LogP contribution is -2.50. The van der Waals surface area contributed by atoms with Gasteiger partial charge in [0.25, 0.3) is 0 Å². The fraction of sp³-hybridized carbons (Fsp3) is 1.00. The molecule has 1 saturated heterocycles. The van der Waals surface area contributed by atoms with Crippen molar-refractivity contribution in [2.75, 3.05) is 19.7 Å².